The molecule has 0 radical (unpaired) electrons. The summed E-state index contributed by atoms with van der Waals surface area (Å²) in [4.78, 5) is 38.2. The summed E-state index contributed by atoms with van der Waals surface area (Å²) in [6.07, 6.45) is 4.45. The third-order valence-electron chi connectivity index (χ3n) is 4.88. The Bertz CT molecular complexity index is 1690. The number of nitrogens with one attached hydrogen (secondary N) is 3. The number of para-hydroxylation sites is 1. The molecule has 3 aromatic heterocycles. The van der Waals surface area contributed by atoms with Crippen molar-refractivity contribution in [2.75, 3.05) is 0 Å². The normalized spacial score (nSPS) is 11.5. The number of aromatic amines is 2. The van der Waals surface area contributed by atoms with Crippen molar-refractivity contribution in [1.29, 1.82) is 0 Å². The van der Waals surface area contributed by atoms with Crippen molar-refractivity contribution in [1.82, 2.24) is 24.7 Å². The molecule has 0 fully saturated rings. The number of benzene rings is 2. The number of rotatable bonds is 5. The molecule has 5 aromatic rings. The highest BCUT2D eigenvalue weighted by Gasteiger charge is 2.22. The Kier molecular flexibility index (Phi) is 4.87. The molecule has 5 rings (SSSR count). The predicted molar refractivity (Wildman–Crippen MR) is 120 cm³/mol. The van der Waals surface area contributed by atoms with Crippen LogP contribution in [-0.4, -0.2) is 34.3 Å². The van der Waals surface area contributed by atoms with Crippen LogP contribution in [0.15, 0.2) is 83.0 Å². The lowest BCUT2D eigenvalue weighted by atomic mass is 10.2. The highest BCUT2D eigenvalue weighted by atomic mass is 32.2. The quantitative estimate of drug-likeness (QED) is 0.365. The van der Waals surface area contributed by atoms with Gasteiger partial charge in [0.15, 0.2) is 0 Å². The van der Waals surface area contributed by atoms with E-state index in [1.807, 2.05) is 10.8 Å². The molecule has 33 heavy (non-hydrogen) atoms. The second-order valence-electron chi connectivity index (χ2n) is 7.03. The Balaban J connectivity index is 1.44. The Hall–Kier alpha value is -4.51. The number of carbonyl (C=O) groups is 1. The second-order valence-corrected chi connectivity index (χ2v) is 8.71. The van der Waals surface area contributed by atoms with Crippen LogP contribution in [0.1, 0.15) is 10.4 Å². The van der Waals surface area contributed by atoms with Crippen molar-refractivity contribution in [3.63, 3.8) is 0 Å². The molecule has 2 aromatic carbocycles. The van der Waals surface area contributed by atoms with E-state index in [1.54, 1.807) is 30.5 Å². The van der Waals surface area contributed by atoms with Crippen LogP contribution in [0, 0.1) is 0 Å². The number of hydrogen-bond donors (Lipinski definition) is 3. The van der Waals surface area contributed by atoms with Gasteiger partial charge in [-0.15, -0.1) is 0 Å². The van der Waals surface area contributed by atoms with Gasteiger partial charge in [0.1, 0.15) is 17.1 Å². The molecule has 0 unspecified atom stereocenters. The number of amides is 1. The Labute approximate surface area is 186 Å². The summed E-state index contributed by atoms with van der Waals surface area (Å²) < 4.78 is 33.5. The fourth-order valence-corrected chi connectivity index (χ4v) is 4.29. The number of pyridine rings is 1. The van der Waals surface area contributed by atoms with E-state index in [0.717, 1.165) is 11.5 Å². The number of hydrogen-bond acceptors (Lipinski definition) is 7. The van der Waals surface area contributed by atoms with E-state index in [2.05, 4.69) is 19.9 Å². The second kappa shape index (κ2) is 7.88. The molecule has 0 bridgehead atoms. The van der Waals surface area contributed by atoms with Gasteiger partial charge < -0.3 is 14.7 Å². The number of aromatic nitrogens is 4. The maximum absolute atomic E-state index is 12.9. The SMILES string of the molecule is O=C(NS(=O)(=O)c1ccc2nc[nH]c(=O)c2c1)c1ccccc1Oc1cnc2[nH]ccc2c1. The van der Waals surface area contributed by atoms with Crippen molar-refractivity contribution >= 4 is 37.9 Å². The monoisotopic (exact) mass is 461 g/mol. The van der Waals surface area contributed by atoms with Crippen LogP contribution in [0.25, 0.3) is 21.9 Å². The summed E-state index contributed by atoms with van der Waals surface area (Å²) >= 11 is 0. The third-order valence-corrected chi connectivity index (χ3v) is 6.21. The van der Waals surface area contributed by atoms with Gasteiger partial charge in [-0.3, -0.25) is 9.59 Å². The molecule has 11 heteroatoms. The Morgan fingerprint density at radius 3 is 2.73 bits per heavy atom. The van der Waals surface area contributed by atoms with Crippen molar-refractivity contribution in [3.05, 3.63) is 89.2 Å². The standard InChI is InChI=1S/C22H15N5O5S/c28-21-17-10-15(5-6-18(17)25-12-26-21)33(30,31)27-22(29)16-3-1-2-4-19(16)32-14-9-13-7-8-23-20(13)24-11-14/h1-12H,(H,23,24)(H,27,29)(H,25,26,28). The van der Waals surface area contributed by atoms with E-state index >= 15 is 0 Å². The first kappa shape index (κ1) is 20.4. The van der Waals surface area contributed by atoms with Crippen LogP contribution in [0.4, 0.5) is 0 Å². The first-order valence-electron chi connectivity index (χ1n) is 9.65. The van der Waals surface area contributed by atoms with E-state index < -0.39 is 21.5 Å². The van der Waals surface area contributed by atoms with Crippen molar-refractivity contribution in [3.8, 4) is 11.5 Å². The van der Waals surface area contributed by atoms with Crippen LogP contribution >= 0.6 is 0 Å². The van der Waals surface area contributed by atoms with Crippen LogP contribution in [0.5, 0.6) is 11.5 Å². The smallest absolute Gasteiger partial charge is 0.268 e. The molecule has 0 aliphatic carbocycles. The zero-order valence-corrected chi connectivity index (χ0v) is 17.6. The predicted octanol–water partition coefficient (Wildman–Crippen LogP) is 2.71. The molecule has 3 heterocycles. The van der Waals surface area contributed by atoms with Gasteiger partial charge in [0.05, 0.1) is 33.9 Å². The minimum atomic E-state index is -4.28. The molecular weight excluding hydrogens is 446 g/mol. The number of H-pyrrole nitrogens is 2. The van der Waals surface area contributed by atoms with E-state index in [-0.39, 0.29) is 21.6 Å². The van der Waals surface area contributed by atoms with Crippen LogP contribution in [0.2, 0.25) is 0 Å². The minimum Gasteiger partial charge on any atom is -0.455 e. The zero-order valence-electron chi connectivity index (χ0n) is 16.8. The molecule has 10 nitrogen and oxygen atoms in total. The molecule has 0 aliphatic heterocycles. The summed E-state index contributed by atoms with van der Waals surface area (Å²) in [5.41, 5.74) is 0.533. The first-order chi connectivity index (χ1) is 15.9. The molecule has 3 N–H and O–H groups in total. The summed E-state index contributed by atoms with van der Waals surface area (Å²) in [6, 6.07) is 13.6. The van der Waals surface area contributed by atoms with E-state index in [0.29, 0.717) is 16.9 Å². The van der Waals surface area contributed by atoms with Gasteiger partial charge in [-0.2, -0.15) is 0 Å². The molecular formula is C22H15N5O5S. The lowest BCUT2D eigenvalue weighted by Crippen LogP contribution is -2.31. The molecule has 0 saturated heterocycles. The lowest BCUT2D eigenvalue weighted by molar-refractivity contribution is 0.0979. The molecule has 0 atom stereocenters. The van der Waals surface area contributed by atoms with E-state index in [1.165, 1.54) is 30.7 Å². The maximum Gasteiger partial charge on any atom is 0.268 e. The van der Waals surface area contributed by atoms with Crippen LogP contribution < -0.4 is 15.0 Å². The van der Waals surface area contributed by atoms with Gasteiger partial charge in [0.2, 0.25) is 0 Å². The number of fused-ring (bicyclic) bond motifs is 2. The van der Waals surface area contributed by atoms with Crippen molar-refractivity contribution in [2.24, 2.45) is 0 Å². The average molecular weight is 461 g/mol. The molecule has 0 saturated carbocycles. The molecule has 164 valence electrons. The first-order valence-corrected chi connectivity index (χ1v) is 11.1. The Morgan fingerprint density at radius 1 is 1.00 bits per heavy atom. The summed E-state index contributed by atoms with van der Waals surface area (Å²) in [5, 5.41) is 0.905. The molecule has 0 aliphatic rings. The summed E-state index contributed by atoms with van der Waals surface area (Å²) in [5.74, 6) is -0.353. The highest BCUT2D eigenvalue weighted by Crippen LogP contribution is 2.27. The van der Waals surface area contributed by atoms with Crippen molar-refractivity contribution in [2.45, 2.75) is 4.90 Å². The summed E-state index contributed by atoms with van der Waals surface area (Å²) in [6.45, 7) is 0. The molecule has 1 amide bonds. The van der Waals surface area contributed by atoms with Crippen LogP contribution in [0.3, 0.4) is 0 Å². The maximum atomic E-state index is 12.9. The van der Waals surface area contributed by atoms with Gasteiger partial charge in [-0.25, -0.2) is 23.1 Å². The topological polar surface area (TPSA) is 147 Å². The van der Waals surface area contributed by atoms with Gasteiger partial charge in [0, 0.05) is 11.6 Å². The fourth-order valence-electron chi connectivity index (χ4n) is 3.30. The minimum absolute atomic E-state index is 0.00976. The fraction of sp³-hybridized carbons (Fsp3) is 0. The zero-order chi connectivity index (χ0) is 23.0. The average Bonchev–Trinajstić information content (AvgIpc) is 3.27. The van der Waals surface area contributed by atoms with Crippen LogP contribution in [-0.2, 0) is 10.0 Å². The number of nitrogens with zero attached hydrogens (tertiary/aromatic N) is 2. The van der Waals surface area contributed by atoms with Gasteiger partial charge in [-0.05, 0) is 42.5 Å². The third kappa shape index (κ3) is 3.92. The van der Waals surface area contributed by atoms with E-state index in [4.69, 9.17) is 4.74 Å². The highest BCUT2D eigenvalue weighted by molar-refractivity contribution is 7.90. The Morgan fingerprint density at radius 2 is 1.85 bits per heavy atom. The lowest BCUT2D eigenvalue weighted by Gasteiger charge is -2.12. The van der Waals surface area contributed by atoms with Gasteiger partial charge >= 0.3 is 0 Å². The number of sulfonamides is 1. The number of ether oxygens (including phenoxy) is 1. The van der Waals surface area contributed by atoms with Crippen molar-refractivity contribution < 1.29 is 17.9 Å². The van der Waals surface area contributed by atoms with Gasteiger partial charge in [-0.1, -0.05) is 12.1 Å². The molecule has 0 spiro atoms. The largest absolute Gasteiger partial charge is 0.455 e. The summed E-state index contributed by atoms with van der Waals surface area (Å²) in [7, 11) is -4.28. The number of carbonyl (C=O) groups excluding carboxylic acids is 1. The van der Waals surface area contributed by atoms with Gasteiger partial charge in [0.25, 0.3) is 21.5 Å². The van der Waals surface area contributed by atoms with E-state index in [9.17, 15) is 18.0 Å².